The molecule has 0 amide bonds. The van der Waals surface area contributed by atoms with Gasteiger partial charge in [0.2, 0.25) is 0 Å². The van der Waals surface area contributed by atoms with E-state index < -0.39 is 7.60 Å². The number of nitrogen functional groups attached to an aromatic ring is 1. The summed E-state index contributed by atoms with van der Waals surface area (Å²) in [7, 11) is -3.81. The maximum Gasteiger partial charge on any atom is 0.353 e. The fraction of sp³-hybridized carbons (Fsp3) is 0.821. The zero-order chi connectivity index (χ0) is 28.2. The summed E-state index contributed by atoms with van der Waals surface area (Å²) in [5, 5.41) is 0. The second-order valence-electron chi connectivity index (χ2n) is 10.5. The quantitative estimate of drug-likeness (QED) is 0.0811. The molecule has 40 heavy (non-hydrogen) atoms. The number of anilines is 1. The third kappa shape index (κ3) is 16.0. The van der Waals surface area contributed by atoms with Crippen molar-refractivity contribution in [3.63, 3.8) is 0 Å². The fourth-order valence-corrected chi connectivity index (χ4v) is 5.39. The van der Waals surface area contributed by atoms with Crippen LogP contribution in [-0.4, -0.2) is 56.7 Å². The highest BCUT2D eigenvalue weighted by atomic mass is 31.2. The highest BCUT2D eigenvalue weighted by Gasteiger charge is 2.21. The fourth-order valence-electron chi connectivity index (χ4n) is 4.46. The number of ether oxygens (including phenoxy) is 2. The van der Waals surface area contributed by atoms with Gasteiger partial charge in [-0.05, 0) is 32.6 Å². The molecule has 232 valence electrons. The van der Waals surface area contributed by atoms with Gasteiger partial charge in [-0.25, -0.2) is 15.0 Å². The lowest BCUT2D eigenvalue weighted by molar-refractivity contribution is 0.0713. The molecule has 0 aliphatic carbocycles. The Morgan fingerprint density at radius 3 is 2.05 bits per heavy atom. The van der Waals surface area contributed by atoms with Crippen LogP contribution in [0.4, 0.5) is 5.82 Å². The molecule has 12 heteroatoms. The zero-order valence-corrected chi connectivity index (χ0v) is 25.9. The van der Waals surface area contributed by atoms with E-state index >= 15 is 0 Å². The molecule has 0 fully saturated rings. The number of imidazole rings is 1. The van der Waals surface area contributed by atoms with Crippen molar-refractivity contribution in [2.75, 3.05) is 31.9 Å². The van der Waals surface area contributed by atoms with Gasteiger partial charge < -0.3 is 35.3 Å². The first-order valence-electron chi connectivity index (χ1n) is 15.0. The molecule has 0 radical (unpaired) electrons. The maximum absolute atomic E-state index is 12.3. The monoisotopic (exact) mass is 586 g/mol. The van der Waals surface area contributed by atoms with Crippen LogP contribution < -0.4 is 11.9 Å². The predicted octanol–water partition coefficient (Wildman–Crippen LogP) is 7.02. The van der Waals surface area contributed by atoms with Gasteiger partial charge in [0.1, 0.15) is 18.2 Å². The van der Waals surface area contributed by atoms with Crippen LogP contribution in [-0.2, 0) is 25.1 Å². The Labute approximate surface area is 241 Å². The van der Waals surface area contributed by atoms with Crippen molar-refractivity contribution in [1.82, 2.24) is 25.7 Å². The third-order valence-corrected chi connectivity index (χ3v) is 7.84. The van der Waals surface area contributed by atoms with Crippen molar-refractivity contribution in [1.29, 1.82) is 0 Å². The highest BCUT2D eigenvalue weighted by molar-refractivity contribution is 7.52. The summed E-state index contributed by atoms with van der Waals surface area (Å²) < 4.78 is 30.6. The predicted molar refractivity (Wildman–Crippen MR) is 162 cm³/mol. The van der Waals surface area contributed by atoms with E-state index in [0.717, 1.165) is 32.5 Å². The second-order valence-corrected chi connectivity index (χ2v) is 12.3. The van der Waals surface area contributed by atoms with Crippen molar-refractivity contribution in [2.45, 2.75) is 123 Å². The molecule has 0 saturated heterocycles. The zero-order valence-electron chi connectivity index (χ0n) is 25.0. The number of unbranched alkanes of at least 4 members (excludes halogenated alkanes) is 13. The van der Waals surface area contributed by atoms with Gasteiger partial charge in [-0.2, -0.15) is 0 Å². The molecule has 2 rings (SSSR count). The SMILES string of the molecule is CCCCCCCCCCCCCCOCCCCCOP(=O)(O)CO[C@H](C)Cn1cnc2c(N)ncnc21.N. The van der Waals surface area contributed by atoms with E-state index in [9.17, 15) is 9.46 Å². The molecule has 11 nitrogen and oxygen atoms in total. The van der Waals surface area contributed by atoms with Gasteiger partial charge in [0.25, 0.3) is 0 Å². The average molecular weight is 587 g/mol. The molecule has 6 N–H and O–H groups in total. The van der Waals surface area contributed by atoms with Crippen molar-refractivity contribution >= 4 is 24.6 Å². The van der Waals surface area contributed by atoms with E-state index in [1.165, 1.54) is 77.0 Å². The van der Waals surface area contributed by atoms with Crippen LogP contribution in [0, 0.1) is 0 Å². The lowest BCUT2D eigenvalue weighted by Crippen LogP contribution is -2.17. The Morgan fingerprint density at radius 1 is 0.875 bits per heavy atom. The van der Waals surface area contributed by atoms with Gasteiger partial charge in [-0.1, -0.05) is 77.6 Å². The van der Waals surface area contributed by atoms with Gasteiger partial charge in [0, 0.05) is 13.2 Å². The highest BCUT2D eigenvalue weighted by Crippen LogP contribution is 2.42. The number of hydrogen-bond donors (Lipinski definition) is 3. The van der Waals surface area contributed by atoms with Crippen LogP contribution in [0.5, 0.6) is 0 Å². The summed E-state index contributed by atoms with van der Waals surface area (Å²) in [4.78, 5) is 22.4. The molecule has 2 aromatic rings. The summed E-state index contributed by atoms with van der Waals surface area (Å²) in [5.74, 6) is 0.312. The molecular formula is C28H55N6O5P. The molecule has 0 saturated carbocycles. The molecular weight excluding hydrogens is 531 g/mol. The first-order chi connectivity index (χ1) is 18.9. The standard InChI is InChI=1S/C28H52N5O5P.H3N/c1-3-4-5-6-7-8-9-10-11-12-13-15-18-36-19-16-14-17-20-38-39(34,35)24-37-25(2)21-33-23-32-26-27(29)30-22-31-28(26)33;/h22-23,25H,3-21,24H2,1-2H3,(H,34,35)(H2,29,30,31);1H3/t25-;/m1./s1. The molecule has 0 aliphatic heterocycles. The minimum absolute atomic E-state index is 0. The summed E-state index contributed by atoms with van der Waals surface area (Å²) >= 11 is 0. The van der Waals surface area contributed by atoms with E-state index in [-0.39, 0.29) is 25.2 Å². The lowest BCUT2D eigenvalue weighted by atomic mass is 10.1. The summed E-state index contributed by atoms with van der Waals surface area (Å²) in [6.45, 7) is 6.27. The molecule has 0 spiro atoms. The molecule has 0 aromatic carbocycles. The Morgan fingerprint density at radius 2 is 1.43 bits per heavy atom. The Hall–Kier alpha value is -1.62. The van der Waals surface area contributed by atoms with Crippen LogP contribution >= 0.6 is 7.60 Å². The summed E-state index contributed by atoms with van der Waals surface area (Å²) in [6, 6.07) is 0. The van der Waals surface area contributed by atoms with Gasteiger partial charge in [0.15, 0.2) is 11.5 Å². The van der Waals surface area contributed by atoms with E-state index in [1.54, 1.807) is 10.9 Å². The normalized spacial score (nSPS) is 13.8. The largest absolute Gasteiger partial charge is 0.382 e. The Bertz CT molecular complexity index is 947. The smallest absolute Gasteiger partial charge is 0.353 e. The number of aromatic nitrogens is 4. The van der Waals surface area contributed by atoms with Crippen LogP contribution in [0.3, 0.4) is 0 Å². The van der Waals surface area contributed by atoms with E-state index in [4.69, 9.17) is 19.7 Å². The topological polar surface area (TPSA) is 170 Å². The molecule has 2 atom stereocenters. The van der Waals surface area contributed by atoms with E-state index in [0.29, 0.717) is 29.9 Å². The molecule has 2 aromatic heterocycles. The van der Waals surface area contributed by atoms with Gasteiger partial charge in [0.05, 0.1) is 25.6 Å². The number of nitrogens with two attached hydrogens (primary N) is 1. The van der Waals surface area contributed by atoms with Crippen molar-refractivity contribution in [3.05, 3.63) is 12.7 Å². The average Bonchev–Trinajstić information content (AvgIpc) is 3.32. The van der Waals surface area contributed by atoms with Crippen LogP contribution in [0.15, 0.2) is 12.7 Å². The Balaban J connectivity index is 0.00000800. The summed E-state index contributed by atoms with van der Waals surface area (Å²) in [6.07, 6.45) is 21.0. The minimum Gasteiger partial charge on any atom is -0.382 e. The van der Waals surface area contributed by atoms with E-state index in [2.05, 4.69) is 21.9 Å². The number of fused-ring (bicyclic) bond motifs is 1. The first kappa shape index (κ1) is 36.4. The van der Waals surface area contributed by atoms with Crippen molar-refractivity contribution < 1.29 is 23.5 Å². The Kier molecular flexibility index (Phi) is 20.1. The second kappa shape index (κ2) is 22.0. The van der Waals surface area contributed by atoms with Crippen LogP contribution in [0.25, 0.3) is 11.2 Å². The maximum atomic E-state index is 12.3. The first-order valence-corrected chi connectivity index (χ1v) is 16.8. The lowest BCUT2D eigenvalue weighted by Gasteiger charge is -2.17. The number of hydrogen-bond acceptors (Lipinski definition) is 9. The van der Waals surface area contributed by atoms with Gasteiger partial charge >= 0.3 is 7.60 Å². The van der Waals surface area contributed by atoms with Crippen LogP contribution in [0.1, 0.15) is 110 Å². The molecule has 0 bridgehead atoms. The number of nitrogens with zero attached hydrogens (tertiary/aromatic N) is 4. The molecule has 1 unspecified atom stereocenters. The molecule has 2 heterocycles. The van der Waals surface area contributed by atoms with E-state index in [1.807, 2.05) is 6.92 Å². The molecule has 0 aliphatic rings. The van der Waals surface area contributed by atoms with Gasteiger partial charge in [-0.15, -0.1) is 0 Å². The van der Waals surface area contributed by atoms with Crippen molar-refractivity contribution in [2.24, 2.45) is 0 Å². The number of rotatable bonds is 25. The van der Waals surface area contributed by atoms with Crippen LogP contribution in [0.2, 0.25) is 0 Å². The third-order valence-electron chi connectivity index (χ3n) is 6.77. The minimum atomic E-state index is -3.81. The summed E-state index contributed by atoms with van der Waals surface area (Å²) in [5.41, 5.74) is 6.93. The van der Waals surface area contributed by atoms with Crippen molar-refractivity contribution in [3.8, 4) is 0 Å². The van der Waals surface area contributed by atoms with Gasteiger partial charge in [-0.3, -0.25) is 4.57 Å².